The molecule has 0 saturated carbocycles. The Morgan fingerprint density at radius 3 is 2.42 bits per heavy atom. The van der Waals surface area contributed by atoms with Crippen LogP contribution in [0.3, 0.4) is 0 Å². The summed E-state index contributed by atoms with van der Waals surface area (Å²) in [6.07, 6.45) is 7.14. The maximum atomic E-state index is 12.4. The Morgan fingerprint density at radius 2 is 1.81 bits per heavy atom. The highest BCUT2D eigenvalue weighted by Gasteiger charge is 2.32. The number of carbonyl (C=O) groups is 2. The molecule has 6 nitrogen and oxygen atoms in total. The summed E-state index contributed by atoms with van der Waals surface area (Å²) in [5, 5.41) is 1.71. The molecule has 0 aliphatic carbocycles. The van der Waals surface area contributed by atoms with Gasteiger partial charge in [0.1, 0.15) is 5.65 Å². The highest BCUT2D eigenvalue weighted by molar-refractivity contribution is 7.99. The van der Waals surface area contributed by atoms with E-state index in [-0.39, 0.29) is 19.3 Å². The van der Waals surface area contributed by atoms with E-state index in [1.807, 2.05) is 52.7 Å². The molecule has 1 amide bonds. The molecule has 2 saturated heterocycles. The maximum Gasteiger partial charge on any atom is 0.250 e. The summed E-state index contributed by atoms with van der Waals surface area (Å²) in [6, 6.07) is 10.1. The van der Waals surface area contributed by atoms with Gasteiger partial charge in [0.2, 0.25) is 6.41 Å². The Balaban J connectivity index is 0.000000251. The van der Waals surface area contributed by atoms with Crippen LogP contribution in [0.25, 0.3) is 16.7 Å². The van der Waals surface area contributed by atoms with Gasteiger partial charge in [-0.2, -0.15) is 11.8 Å². The van der Waals surface area contributed by atoms with E-state index in [4.69, 9.17) is 16.4 Å². The molecular formula is C26H31ClF2N4O2S. The van der Waals surface area contributed by atoms with E-state index in [9.17, 15) is 13.6 Å². The number of thioether (sulfide) groups is 1. The molecule has 2 aromatic heterocycles. The van der Waals surface area contributed by atoms with Crippen LogP contribution in [0.5, 0.6) is 0 Å². The topological polar surface area (TPSA) is 81.2 Å². The highest BCUT2D eigenvalue weighted by Crippen LogP contribution is 2.34. The number of piperidine rings is 1. The zero-order valence-electron chi connectivity index (χ0n) is 20.2. The zero-order chi connectivity index (χ0) is 26.1. The third kappa shape index (κ3) is 7.75. The minimum atomic E-state index is -2.38. The van der Waals surface area contributed by atoms with Crippen LogP contribution in [-0.2, 0) is 4.79 Å². The summed E-state index contributed by atoms with van der Waals surface area (Å²) in [6.45, 7) is 1.07. The lowest BCUT2D eigenvalue weighted by atomic mass is 9.93. The number of hydrogen-bond donors (Lipinski definition) is 1. The van der Waals surface area contributed by atoms with Crippen molar-refractivity contribution in [2.24, 2.45) is 5.73 Å². The van der Waals surface area contributed by atoms with Crippen molar-refractivity contribution in [3.8, 4) is 5.69 Å². The zero-order valence-corrected chi connectivity index (χ0v) is 21.8. The normalized spacial score (nSPS) is 17.9. The van der Waals surface area contributed by atoms with Crippen molar-refractivity contribution >= 4 is 47.1 Å². The molecule has 3 aromatic rings. The number of nitrogens with zero attached hydrogens (tertiary/aromatic N) is 3. The van der Waals surface area contributed by atoms with Crippen LogP contribution in [0, 0.1) is 0 Å². The molecule has 0 radical (unpaired) electrons. The number of likely N-dealkylation sites (tertiary alicyclic amines) is 1. The van der Waals surface area contributed by atoms with Gasteiger partial charge in [0.05, 0.1) is 0 Å². The van der Waals surface area contributed by atoms with Crippen LogP contribution in [-0.4, -0.2) is 64.7 Å². The first-order chi connectivity index (χ1) is 17.3. The van der Waals surface area contributed by atoms with Crippen molar-refractivity contribution in [3.05, 3.63) is 58.9 Å². The number of benzene rings is 1. The van der Waals surface area contributed by atoms with E-state index in [0.29, 0.717) is 24.6 Å². The van der Waals surface area contributed by atoms with Gasteiger partial charge in [-0.15, -0.1) is 0 Å². The average Bonchev–Trinajstić information content (AvgIpc) is 3.30. The van der Waals surface area contributed by atoms with Gasteiger partial charge < -0.3 is 15.2 Å². The molecule has 2 aliphatic rings. The van der Waals surface area contributed by atoms with Crippen LogP contribution in [0.15, 0.2) is 42.7 Å². The van der Waals surface area contributed by atoms with Crippen molar-refractivity contribution in [2.75, 3.05) is 31.6 Å². The monoisotopic (exact) mass is 536 g/mol. The summed E-state index contributed by atoms with van der Waals surface area (Å²) in [5.41, 5.74) is 7.93. The van der Waals surface area contributed by atoms with Crippen LogP contribution in [0.4, 0.5) is 8.78 Å². The number of hydrogen-bond acceptors (Lipinski definition) is 5. The largest absolute Gasteiger partial charge is 0.372 e. The molecular weight excluding hydrogens is 506 g/mol. The first kappa shape index (κ1) is 28.1. The first-order valence-electron chi connectivity index (χ1n) is 11.8. The Hall–Kier alpha value is -2.49. The average molecular weight is 537 g/mol. The second kappa shape index (κ2) is 13.2. The van der Waals surface area contributed by atoms with Crippen LogP contribution >= 0.6 is 23.4 Å². The maximum absolute atomic E-state index is 12.4. The fourth-order valence-corrected chi connectivity index (χ4v) is 5.61. The van der Waals surface area contributed by atoms with Crippen molar-refractivity contribution in [2.45, 2.75) is 37.5 Å². The number of amides is 1. The number of fused-ring (bicyclic) bond motifs is 1. The number of aldehydes is 1. The Bertz CT molecular complexity index is 1160. The Kier molecular flexibility index (Phi) is 10.3. The second-order valence-electron chi connectivity index (χ2n) is 8.91. The summed E-state index contributed by atoms with van der Waals surface area (Å²) < 4.78 is 26.7. The number of primary amides is 1. The van der Waals surface area contributed by atoms with Crippen molar-refractivity contribution in [3.63, 3.8) is 0 Å². The predicted octanol–water partition coefficient (Wildman–Crippen LogP) is 5.55. The van der Waals surface area contributed by atoms with Crippen molar-refractivity contribution < 1.29 is 18.4 Å². The van der Waals surface area contributed by atoms with Gasteiger partial charge in [-0.3, -0.25) is 9.59 Å². The molecule has 4 heterocycles. The lowest BCUT2D eigenvalue weighted by Gasteiger charge is -2.28. The lowest BCUT2D eigenvalue weighted by molar-refractivity contribution is -0.106. The lowest BCUT2D eigenvalue weighted by Crippen LogP contribution is -2.36. The second-order valence-corrected chi connectivity index (χ2v) is 10.6. The molecule has 0 atom stereocenters. The third-order valence-corrected chi connectivity index (χ3v) is 7.54. The molecule has 5 rings (SSSR count). The number of halogens is 3. The van der Waals surface area contributed by atoms with Gasteiger partial charge in [-0.05, 0) is 73.2 Å². The van der Waals surface area contributed by atoms with Gasteiger partial charge in [0.15, 0.2) is 6.29 Å². The highest BCUT2D eigenvalue weighted by atomic mass is 35.5. The third-order valence-electron chi connectivity index (χ3n) is 6.28. The smallest absolute Gasteiger partial charge is 0.250 e. The van der Waals surface area contributed by atoms with Crippen molar-refractivity contribution in [1.82, 2.24) is 14.5 Å². The van der Waals surface area contributed by atoms with Crippen LogP contribution in [0.2, 0.25) is 5.02 Å². The van der Waals surface area contributed by atoms with Crippen molar-refractivity contribution in [1.29, 1.82) is 0 Å². The number of rotatable bonds is 3. The van der Waals surface area contributed by atoms with Gasteiger partial charge in [-0.25, -0.2) is 13.8 Å². The minimum absolute atomic E-state index is 0.0312. The van der Waals surface area contributed by atoms with Crippen LogP contribution in [0.1, 0.15) is 47.5 Å². The minimum Gasteiger partial charge on any atom is -0.372 e. The first-order valence-corrected chi connectivity index (χ1v) is 13.3. The summed E-state index contributed by atoms with van der Waals surface area (Å²) in [5.74, 6) is 0.636. The fourth-order valence-electron chi connectivity index (χ4n) is 4.26. The van der Waals surface area contributed by atoms with E-state index in [0.717, 1.165) is 28.0 Å². The van der Waals surface area contributed by atoms with Gasteiger partial charge >= 0.3 is 0 Å². The Labute approximate surface area is 219 Å². The quantitative estimate of drug-likeness (QED) is 0.444. The van der Waals surface area contributed by atoms with Crippen LogP contribution < -0.4 is 5.73 Å². The van der Waals surface area contributed by atoms with Gasteiger partial charge in [0.25, 0.3) is 5.92 Å². The van der Waals surface area contributed by atoms with Gasteiger partial charge in [-0.1, -0.05) is 11.6 Å². The standard InChI is InChI=1S/C19H17ClN2OS.C6H11F2N.CH3NO/c20-17-8-16(14-2-5-24-6-3-14)9-18(10-17)22-4-1-15-7-13(12-23)11-21-19(15)22;1-9-4-2-6(7,8)3-5-9;2-1-3/h1,4,7-12,14H,2-3,5-6H2;2-5H2,1H3;1H,(H2,2,3). The van der Waals surface area contributed by atoms with Gasteiger partial charge in [0, 0.05) is 60.0 Å². The number of nitrogens with two attached hydrogens (primary N) is 1. The molecule has 0 unspecified atom stereocenters. The molecule has 10 heteroatoms. The molecule has 2 fully saturated rings. The molecule has 36 heavy (non-hydrogen) atoms. The predicted molar refractivity (Wildman–Crippen MR) is 143 cm³/mol. The Morgan fingerprint density at radius 1 is 1.14 bits per heavy atom. The SMILES string of the molecule is CN1CCC(F)(F)CC1.NC=O.O=Cc1cnc2c(ccn2-c2cc(Cl)cc(C3CCSCC3)c2)c1. The molecule has 0 spiro atoms. The summed E-state index contributed by atoms with van der Waals surface area (Å²) in [4.78, 5) is 25.9. The van der Waals surface area contributed by atoms with E-state index < -0.39 is 5.92 Å². The molecule has 0 bridgehead atoms. The summed E-state index contributed by atoms with van der Waals surface area (Å²) in [7, 11) is 1.87. The van der Waals surface area contributed by atoms with E-state index in [1.54, 1.807) is 6.20 Å². The molecule has 2 aliphatic heterocycles. The van der Waals surface area contributed by atoms with E-state index in [2.05, 4.69) is 22.9 Å². The molecule has 194 valence electrons. The number of carbonyl (C=O) groups excluding carboxylic acids is 2. The number of pyridine rings is 1. The summed E-state index contributed by atoms with van der Waals surface area (Å²) >= 11 is 8.43. The fraction of sp³-hybridized carbons (Fsp3) is 0.423. The van der Waals surface area contributed by atoms with E-state index >= 15 is 0 Å². The number of alkyl halides is 2. The molecule has 2 N–H and O–H groups in total. The number of aromatic nitrogens is 2. The van der Waals surface area contributed by atoms with E-state index in [1.165, 1.54) is 29.9 Å². The molecule has 1 aromatic carbocycles.